The molecular weight excluding hydrogens is 860 g/mol. The molecule has 0 N–H and O–H groups in total. The van der Waals surface area contributed by atoms with Crippen molar-refractivity contribution in [1.29, 1.82) is 0 Å². The molecule has 0 saturated heterocycles. The summed E-state index contributed by atoms with van der Waals surface area (Å²) in [5.41, 5.74) is 3.24. The van der Waals surface area contributed by atoms with Gasteiger partial charge in [-0.3, -0.25) is 0 Å². The van der Waals surface area contributed by atoms with Crippen LogP contribution in [0.5, 0.6) is 17.2 Å². The van der Waals surface area contributed by atoms with Crippen molar-refractivity contribution in [2.24, 2.45) is 0 Å². The Morgan fingerprint density at radius 1 is 0.328 bits per heavy atom. The lowest BCUT2D eigenvalue weighted by molar-refractivity contribution is -0.339. The normalized spacial score (nSPS) is 14.8. The van der Waals surface area contributed by atoms with Crippen LogP contribution in [0, 0.1) is 0 Å². The van der Waals surface area contributed by atoms with E-state index < -0.39 is 26.5 Å². The number of ether oxygens (including phenoxy) is 6. The first-order valence-electron chi connectivity index (χ1n) is 26.6. The average molecular weight is 953 g/mol. The summed E-state index contributed by atoms with van der Waals surface area (Å²) in [6.07, 6.45) is 28.4. The van der Waals surface area contributed by atoms with E-state index in [9.17, 15) is 0 Å². The third-order valence-electron chi connectivity index (χ3n) is 11.9. The summed E-state index contributed by atoms with van der Waals surface area (Å²) in [6, 6.07) is 24.3. The molecule has 0 radical (unpaired) electrons. The van der Waals surface area contributed by atoms with Crippen LogP contribution >= 0.6 is 8.60 Å². The third kappa shape index (κ3) is 24.1. The molecule has 10 heteroatoms. The molecule has 0 spiro atoms. The van der Waals surface area contributed by atoms with Crippen molar-refractivity contribution in [3.8, 4) is 17.2 Å². The zero-order valence-electron chi connectivity index (χ0n) is 43.6. The van der Waals surface area contributed by atoms with Crippen molar-refractivity contribution < 1.29 is 42.0 Å². The highest BCUT2D eigenvalue weighted by Gasteiger charge is 2.46. The SMILES string of the molecule is CCCCCCCCCc1ccccc1OC(C)(OCC)OP(OC(C)(OCC)Oc1ccccc1CCCCCCCCC)OC(C)(OCC)Oc1ccccc1CCCCCCCCC. The number of benzene rings is 3. The largest absolute Gasteiger partial charge is 0.439 e. The van der Waals surface area contributed by atoms with Gasteiger partial charge in [0.05, 0.1) is 19.8 Å². The van der Waals surface area contributed by atoms with Crippen LogP contribution in [0.1, 0.15) is 214 Å². The van der Waals surface area contributed by atoms with Crippen LogP contribution in [-0.4, -0.2) is 37.7 Å². The summed E-state index contributed by atoms with van der Waals surface area (Å²) in [7, 11) is -2.49. The van der Waals surface area contributed by atoms with Gasteiger partial charge in [-0.05, 0) is 94.2 Å². The lowest BCUT2D eigenvalue weighted by atomic mass is 10.0. The molecule has 9 nitrogen and oxygen atoms in total. The van der Waals surface area contributed by atoms with Gasteiger partial charge in [-0.15, -0.1) is 0 Å². The van der Waals surface area contributed by atoms with Crippen LogP contribution in [0.15, 0.2) is 72.8 Å². The number of unbranched alkanes of at least 4 members (excludes halogenated alkanes) is 18. The molecule has 0 aliphatic rings. The molecule has 0 amide bonds. The summed E-state index contributed by atoms with van der Waals surface area (Å²) in [6.45, 7) is 18.6. The smallest absolute Gasteiger partial charge is 0.348 e. The lowest BCUT2D eigenvalue weighted by Crippen LogP contribution is -2.44. The van der Waals surface area contributed by atoms with Crippen LogP contribution in [0.3, 0.4) is 0 Å². The van der Waals surface area contributed by atoms with E-state index >= 15 is 0 Å². The second-order valence-electron chi connectivity index (χ2n) is 18.1. The number of aryl methyl sites for hydroxylation is 3. The number of hydrogen-bond acceptors (Lipinski definition) is 9. The zero-order valence-corrected chi connectivity index (χ0v) is 44.5. The molecule has 0 aliphatic carbocycles. The molecule has 0 aliphatic heterocycles. The monoisotopic (exact) mass is 953 g/mol. The predicted octanol–water partition coefficient (Wildman–Crippen LogP) is 17.5. The maximum Gasteiger partial charge on any atom is 0.348 e. The van der Waals surface area contributed by atoms with Crippen LogP contribution in [0.4, 0.5) is 0 Å². The fourth-order valence-electron chi connectivity index (χ4n) is 8.32. The van der Waals surface area contributed by atoms with Gasteiger partial charge in [-0.1, -0.05) is 191 Å². The van der Waals surface area contributed by atoms with Crippen LogP contribution in [0.2, 0.25) is 0 Å². The van der Waals surface area contributed by atoms with Crippen LogP contribution < -0.4 is 14.2 Å². The Kier molecular flexibility index (Phi) is 30.2. The molecule has 67 heavy (non-hydrogen) atoms. The van der Waals surface area contributed by atoms with Gasteiger partial charge in [-0.2, -0.15) is 0 Å². The topological polar surface area (TPSA) is 83.1 Å². The molecule has 3 aromatic carbocycles. The lowest BCUT2D eigenvalue weighted by Gasteiger charge is -2.39. The molecule has 3 rings (SSSR count). The number of rotatable bonds is 42. The van der Waals surface area contributed by atoms with Crippen molar-refractivity contribution >= 4 is 8.60 Å². The Labute approximate surface area is 410 Å². The highest BCUT2D eigenvalue weighted by molar-refractivity contribution is 7.41. The van der Waals surface area contributed by atoms with E-state index in [1.165, 1.54) is 116 Å². The number of para-hydroxylation sites is 3. The standard InChI is InChI=1S/C57H93O9P/c1-10-16-19-22-25-28-31-40-49-43-34-37-46-52(49)61-55(7,58-13-4)64-67(65-56(8,59-14-5)62-53-47-38-35-44-50(53)41-32-29-26-23-20-17-11-2)66-57(9,60-15-6)63-54-48-39-36-45-51(54)42-33-30-27-24-21-18-12-3/h34-39,43-48H,10-33,40-42H2,1-9H3. The molecule has 380 valence electrons. The quantitative estimate of drug-likeness (QED) is 0.0313. The van der Waals surface area contributed by atoms with E-state index in [0.717, 1.165) is 55.2 Å². The van der Waals surface area contributed by atoms with Gasteiger partial charge in [0.2, 0.25) is 0 Å². The summed E-state index contributed by atoms with van der Waals surface area (Å²) < 4.78 is 59.8. The van der Waals surface area contributed by atoms with Crippen molar-refractivity contribution in [2.75, 3.05) is 19.8 Å². The van der Waals surface area contributed by atoms with Crippen molar-refractivity contribution in [2.45, 2.75) is 234 Å². The molecule has 0 heterocycles. The van der Waals surface area contributed by atoms with E-state index in [4.69, 9.17) is 42.0 Å². The maximum absolute atomic E-state index is 6.83. The van der Waals surface area contributed by atoms with Gasteiger partial charge in [0.15, 0.2) is 0 Å². The van der Waals surface area contributed by atoms with E-state index in [1.807, 2.05) is 75.4 Å². The molecule has 3 aromatic rings. The zero-order chi connectivity index (χ0) is 48.5. The summed E-state index contributed by atoms with van der Waals surface area (Å²) in [4.78, 5) is 0. The Hall–Kier alpha value is -2.75. The molecule has 0 aromatic heterocycles. The predicted molar refractivity (Wildman–Crippen MR) is 277 cm³/mol. The molecule has 0 fully saturated rings. The first-order chi connectivity index (χ1) is 32.5. The molecule has 3 atom stereocenters. The highest BCUT2D eigenvalue weighted by Crippen LogP contribution is 2.52. The van der Waals surface area contributed by atoms with Crippen molar-refractivity contribution in [3.05, 3.63) is 89.5 Å². The highest BCUT2D eigenvalue weighted by atomic mass is 31.2. The maximum atomic E-state index is 6.83. The Balaban J connectivity index is 1.96. The second-order valence-corrected chi connectivity index (χ2v) is 19.1. The van der Waals surface area contributed by atoms with Gasteiger partial charge in [0.1, 0.15) is 17.2 Å². The van der Waals surface area contributed by atoms with E-state index in [2.05, 4.69) is 39.0 Å². The minimum absolute atomic E-state index is 0.288. The summed E-state index contributed by atoms with van der Waals surface area (Å²) in [5.74, 6) is -2.98. The minimum atomic E-state index is -2.49. The van der Waals surface area contributed by atoms with Crippen molar-refractivity contribution in [1.82, 2.24) is 0 Å². The van der Waals surface area contributed by atoms with E-state index in [0.29, 0.717) is 17.2 Å². The fourth-order valence-corrected chi connectivity index (χ4v) is 9.51. The molecule has 0 saturated carbocycles. The Morgan fingerprint density at radius 3 is 0.821 bits per heavy atom. The first kappa shape index (κ1) is 58.6. The first-order valence-corrected chi connectivity index (χ1v) is 27.7. The van der Waals surface area contributed by atoms with E-state index in [-0.39, 0.29) is 19.8 Å². The van der Waals surface area contributed by atoms with Gasteiger partial charge in [0.25, 0.3) is 0 Å². The van der Waals surface area contributed by atoms with Crippen LogP contribution in [-0.2, 0) is 47.0 Å². The second kappa shape index (κ2) is 34.5. The fraction of sp³-hybridized carbons (Fsp3) is 0.684. The van der Waals surface area contributed by atoms with E-state index in [1.54, 1.807) is 20.8 Å². The van der Waals surface area contributed by atoms with Gasteiger partial charge >= 0.3 is 26.5 Å². The summed E-state index contributed by atoms with van der Waals surface area (Å²) >= 11 is 0. The molecule has 0 bridgehead atoms. The molecular formula is C57H93O9P. The van der Waals surface area contributed by atoms with Crippen molar-refractivity contribution in [3.63, 3.8) is 0 Å². The Bertz CT molecular complexity index is 1500. The number of hydrogen-bond donors (Lipinski definition) is 0. The van der Waals surface area contributed by atoms with Gasteiger partial charge in [0, 0.05) is 20.8 Å². The molecule has 3 unspecified atom stereocenters. The minimum Gasteiger partial charge on any atom is -0.439 e. The summed E-state index contributed by atoms with van der Waals surface area (Å²) in [5, 5.41) is 0. The Morgan fingerprint density at radius 2 is 0.567 bits per heavy atom. The average Bonchev–Trinajstić information content (AvgIpc) is 3.29. The van der Waals surface area contributed by atoms with Crippen LogP contribution in [0.25, 0.3) is 0 Å². The van der Waals surface area contributed by atoms with Gasteiger partial charge in [-0.25, -0.2) is 13.6 Å². The van der Waals surface area contributed by atoms with Gasteiger partial charge < -0.3 is 28.4 Å². The third-order valence-corrected chi connectivity index (χ3v) is 13.3.